The average molecular weight is 411 g/mol. The standard InChI is InChI=1S/C18H20ClN3O4S/c1-4-9-21(11-14-6-8-17(19)27-14)12(2)18(23)20-15-10-13(22(24)25)5-7-16(15)26-3/h4-8,10,12H,1,9,11H2,2-3H3,(H,20,23)/p+1/t12-/m0/s1. The first-order chi connectivity index (χ1) is 12.8. The molecular weight excluding hydrogens is 390 g/mol. The second-order valence-electron chi connectivity index (χ2n) is 5.89. The van der Waals surface area contributed by atoms with Gasteiger partial charge < -0.3 is 15.0 Å². The van der Waals surface area contributed by atoms with Crippen molar-refractivity contribution in [3.63, 3.8) is 0 Å². The molecule has 0 bridgehead atoms. The molecule has 0 radical (unpaired) electrons. The summed E-state index contributed by atoms with van der Waals surface area (Å²) in [4.78, 5) is 25.3. The van der Waals surface area contributed by atoms with Crippen molar-refractivity contribution < 1.29 is 19.4 Å². The van der Waals surface area contributed by atoms with Gasteiger partial charge in [0.05, 0.1) is 33.5 Å². The van der Waals surface area contributed by atoms with Crippen LogP contribution >= 0.6 is 22.9 Å². The Morgan fingerprint density at radius 1 is 1.48 bits per heavy atom. The molecule has 9 heteroatoms. The maximum atomic E-state index is 12.8. The molecule has 1 amide bonds. The van der Waals surface area contributed by atoms with Crippen LogP contribution in [0.3, 0.4) is 0 Å². The van der Waals surface area contributed by atoms with Crippen molar-refractivity contribution >= 4 is 40.2 Å². The average Bonchev–Trinajstić information content (AvgIpc) is 3.05. The number of nitrogens with one attached hydrogen (secondary N) is 2. The van der Waals surface area contributed by atoms with Crippen molar-refractivity contribution in [1.82, 2.24) is 0 Å². The number of amides is 1. The second-order valence-corrected chi connectivity index (χ2v) is 7.69. The summed E-state index contributed by atoms with van der Waals surface area (Å²) in [5.74, 6) is 0.0877. The molecule has 1 aromatic carbocycles. The van der Waals surface area contributed by atoms with Gasteiger partial charge in [0.1, 0.15) is 12.3 Å². The van der Waals surface area contributed by atoms with E-state index in [1.807, 2.05) is 12.1 Å². The van der Waals surface area contributed by atoms with Crippen molar-refractivity contribution in [2.24, 2.45) is 0 Å². The number of methoxy groups -OCH3 is 1. The first-order valence-electron chi connectivity index (χ1n) is 8.18. The molecule has 1 aromatic heterocycles. The van der Waals surface area contributed by atoms with Crippen LogP contribution in [0.1, 0.15) is 11.8 Å². The molecule has 2 atom stereocenters. The van der Waals surface area contributed by atoms with Crippen LogP contribution in [-0.2, 0) is 11.3 Å². The molecule has 0 aliphatic rings. The number of benzene rings is 1. The molecule has 0 fully saturated rings. The van der Waals surface area contributed by atoms with Gasteiger partial charge in [-0.1, -0.05) is 18.2 Å². The van der Waals surface area contributed by atoms with E-state index >= 15 is 0 Å². The smallest absolute Gasteiger partial charge is 0.282 e. The number of hydrogen-bond acceptors (Lipinski definition) is 5. The number of non-ortho nitro benzene ring substituents is 1. The summed E-state index contributed by atoms with van der Waals surface area (Å²) in [6.45, 7) is 6.75. The van der Waals surface area contributed by atoms with E-state index in [2.05, 4.69) is 11.9 Å². The van der Waals surface area contributed by atoms with Gasteiger partial charge in [-0.05, 0) is 31.2 Å². The van der Waals surface area contributed by atoms with E-state index in [9.17, 15) is 14.9 Å². The third kappa shape index (κ3) is 5.53. The zero-order chi connectivity index (χ0) is 20.0. The summed E-state index contributed by atoms with van der Waals surface area (Å²) in [5, 5.41) is 13.7. The van der Waals surface area contributed by atoms with E-state index in [0.29, 0.717) is 23.2 Å². The molecular formula is C18H21ClN3O4S+. The Morgan fingerprint density at radius 2 is 2.22 bits per heavy atom. The van der Waals surface area contributed by atoms with Gasteiger partial charge in [-0.25, -0.2) is 0 Å². The van der Waals surface area contributed by atoms with Crippen LogP contribution in [0.25, 0.3) is 0 Å². The first kappa shape index (κ1) is 20.9. The van der Waals surface area contributed by atoms with Gasteiger partial charge in [0.15, 0.2) is 6.04 Å². The first-order valence-corrected chi connectivity index (χ1v) is 9.38. The molecule has 144 valence electrons. The maximum Gasteiger partial charge on any atom is 0.282 e. The zero-order valence-electron chi connectivity index (χ0n) is 15.0. The SMILES string of the molecule is C=CC[NH+](Cc1ccc(Cl)s1)[C@@H](C)C(=O)Nc1cc([N+](=O)[O-])ccc1OC. The van der Waals surface area contributed by atoms with Crippen LogP contribution < -0.4 is 15.0 Å². The third-order valence-corrected chi connectivity index (χ3v) is 5.33. The number of thiophene rings is 1. The molecule has 2 N–H and O–H groups in total. The van der Waals surface area contributed by atoms with Crippen LogP contribution in [0.15, 0.2) is 43.0 Å². The highest BCUT2D eigenvalue weighted by atomic mass is 35.5. The largest absolute Gasteiger partial charge is 0.495 e. The Bertz CT molecular complexity index is 840. The fourth-order valence-electron chi connectivity index (χ4n) is 2.59. The number of nitrogens with zero attached hydrogens (tertiary/aromatic N) is 1. The van der Waals surface area contributed by atoms with Crippen LogP contribution in [0.2, 0.25) is 4.34 Å². The van der Waals surface area contributed by atoms with E-state index in [4.69, 9.17) is 16.3 Å². The number of carbonyl (C=O) groups is 1. The fraction of sp³-hybridized carbons (Fsp3) is 0.278. The topological polar surface area (TPSA) is 85.9 Å². The lowest BCUT2D eigenvalue weighted by Crippen LogP contribution is -3.15. The van der Waals surface area contributed by atoms with Gasteiger partial charge in [0, 0.05) is 12.1 Å². The normalized spacial score (nSPS) is 12.9. The Hall–Kier alpha value is -2.42. The number of quaternary nitrogens is 1. The lowest BCUT2D eigenvalue weighted by Gasteiger charge is -2.24. The maximum absolute atomic E-state index is 12.8. The highest BCUT2D eigenvalue weighted by Gasteiger charge is 2.26. The molecule has 0 aliphatic carbocycles. The van der Waals surface area contributed by atoms with Gasteiger partial charge in [-0.2, -0.15) is 0 Å². The van der Waals surface area contributed by atoms with E-state index in [-0.39, 0.29) is 17.3 Å². The minimum Gasteiger partial charge on any atom is -0.495 e. The van der Waals surface area contributed by atoms with Crippen molar-refractivity contribution in [2.45, 2.75) is 19.5 Å². The summed E-state index contributed by atoms with van der Waals surface area (Å²) in [6.07, 6.45) is 1.75. The molecule has 2 aromatic rings. The molecule has 1 heterocycles. The zero-order valence-corrected chi connectivity index (χ0v) is 16.6. The highest BCUT2D eigenvalue weighted by Crippen LogP contribution is 2.28. The van der Waals surface area contributed by atoms with Crippen LogP contribution in [0.5, 0.6) is 5.75 Å². The van der Waals surface area contributed by atoms with Gasteiger partial charge >= 0.3 is 0 Å². The van der Waals surface area contributed by atoms with E-state index < -0.39 is 11.0 Å². The highest BCUT2D eigenvalue weighted by molar-refractivity contribution is 7.16. The summed E-state index contributed by atoms with van der Waals surface area (Å²) in [5.41, 5.74) is 0.142. The van der Waals surface area contributed by atoms with Crippen LogP contribution in [0.4, 0.5) is 11.4 Å². The lowest BCUT2D eigenvalue weighted by molar-refractivity contribution is -0.921. The van der Waals surface area contributed by atoms with Crippen LogP contribution in [0, 0.1) is 10.1 Å². The summed E-state index contributed by atoms with van der Waals surface area (Å²) in [6, 6.07) is 7.41. The van der Waals surface area contributed by atoms with Crippen molar-refractivity contribution in [3.05, 3.63) is 62.3 Å². The summed E-state index contributed by atoms with van der Waals surface area (Å²) >= 11 is 7.45. The van der Waals surface area contributed by atoms with Crippen molar-refractivity contribution in [1.29, 1.82) is 0 Å². The number of anilines is 1. The third-order valence-electron chi connectivity index (χ3n) is 4.09. The summed E-state index contributed by atoms with van der Waals surface area (Å²) in [7, 11) is 1.44. The number of carbonyl (C=O) groups excluding carboxylic acids is 1. The molecule has 0 saturated heterocycles. The second kappa shape index (κ2) is 9.50. The van der Waals surface area contributed by atoms with Gasteiger partial charge in [-0.3, -0.25) is 14.9 Å². The Labute approximate surface area is 166 Å². The van der Waals surface area contributed by atoms with Gasteiger partial charge in [0.25, 0.3) is 11.6 Å². The minimum atomic E-state index is -0.520. The Kier molecular flexibility index (Phi) is 7.35. The fourth-order valence-corrected chi connectivity index (χ4v) is 3.73. The number of hydrogen-bond donors (Lipinski definition) is 2. The molecule has 0 saturated carbocycles. The Morgan fingerprint density at radius 3 is 2.78 bits per heavy atom. The Balaban J connectivity index is 2.17. The van der Waals surface area contributed by atoms with Crippen molar-refractivity contribution in [3.8, 4) is 5.75 Å². The van der Waals surface area contributed by atoms with Crippen LogP contribution in [-0.4, -0.2) is 30.5 Å². The molecule has 1 unspecified atom stereocenters. The summed E-state index contributed by atoms with van der Waals surface area (Å²) < 4.78 is 5.89. The monoisotopic (exact) mass is 410 g/mol. The van der Waals surface area contributed by atoms with Gasteiger partial charge in [0.2, 0.25) is 0 Å². The number of halogens is 1. The molecule has 0 spiro atoms. The number of ether oxygens (including phenoxy) is 1. The number of nitro benzene ring substituents is 1. The predicted molar refractivity (Wildman–Crippen MR) is 107 cm³/mol. The molecule has 7 nitrogen and oxygen atoms in total. The quantitative estimate of drug-likeness (QED) is 0.378. The van der Waals surface area contributed by atoms with E-state index in [0.717, 1.165) is 9.78 Å². The minimum absolute atomic E-state index is 0.123. The molecule has 27 heavy (non-hydrogen) atoms. The molecule has 0 aliphatic heterocycles. The lowest BCUT2D eigenvalue weighted by atomic mass is 10.2. The van der Waals surface area contributed by atoms with Crippen molar-refractivity contribution in [2.75, 3.05) is 19.0 Å². The number of rotatable bonds is 9. The van der Waals surface area contributed by atoms with E-state index in [1.165, 1.54) is 36.6 Å². The molecule has 2 rings (SSSR count). The predicted octanol–water partition coefficient (Wildman–Crippen LogP) is 2.92. The van der Waals surface area contributed by atoms with E-state index in [1.54, 1.807) is 13.0 Å². The van der Waals surface area contributed by atoms with Gasteiger partial charge in [-0.15, -0.1) is 11.3 Å². The number of nitro groups is 1.